The summed E-state index contributed by atoms with van der Waals surface area (Å²) in [6, 6.07) is 4.39. The van der Waals surface area contributed by atoms with Crippen LogP contribution < -0.4 is 10.6 Å². The van der Waals surface area contributed by atoms with Crippen LogP contribution in [0.25, 0.3) is 0 Å². The maximum Gasteiger partial charge on any atom is 0.419 e. The number of rotatable bonds is 2. The van der Waals surface area contributed by atoms with Crippen LogP contribution in [0, 0.1) is 0 Å². The zero-order chi connectivity index (χ0) is 14.8. The Kier molecular flexibility index (Phi) is 4.49. The van der Waals surface area contributed by atoms with Crippen molar-refractivity contribution in [1.82, 2.24) is 5.32 Å². The molecule has 2 rings (SSSR count). The van der Waals surface area contributed by atoms with Crippen molar-refractivity contribution in [3.63, 3.8) is 0 Å². The van der Waals surface area contributed by atoms with Gasteiger partial charge in [-0.1, -0.05) is 23.2 Å². The molecule has 1 aliphatic rings. The van der Waals surface area contributed by atoms with E-state index in [-0.39, 0.29) is 12.1 Å². The minimum atomic E-state index is -1.80. The van der Waals surface area contributed by atoms with Crippen molar-refractivity contribution in [1.29, 1.82) is 0 Å². The van der Waals surface area contributed by atoms with Gasteiger partial charge in [-0.3, -0.25) is 10.6 Å². The number of ether oxygens (including phenoxy) is 1. The topological polar surface area (TPSA) is 87.7 Å². The molecule has 0 saturated carbocycles. The highest BCUT2D eigenvalue weighted by atomic mass is 35.5. The number of hydrogen-bond acceptors (Lipinski definition) is 5. The maximum absolute atomic E-state index is 11.7. The van der Waals surface area contributed by atoms with Gasteiger partial charge in [0.05, 0.1) is 0 Å². The fourth-order valence-electron chi connectivity index (χ4n) is 1.84. The molecule has 1 atom stereocenters. The van der Waals surface area contributed by atoms with E-state index in [1.165, 1.54) is 18.2 Å². The average molecular weight is 319 g/mol. The van der Waals surface area contributed by atoms with Crippen LogP contribution in [0.2, 0.25) is 10.0 Å². The summed E-state index contributed by atoms with van der Waals surface area (Å²) >= 11 is 11.5. The summed E-state index contributed by atoms with van der Waals surface area (Å²) in [7, 11) is 0. The summed E-state index contributed by atoms with van der Waals surface area (Å²) in [4.78, 5) is 23.2. The SMILES string of the molecule is O=C(Nc1cc(Cl)cc(Cl)c1)OC(=O)[C@]1(O)CCCN1. The number of aliphatic hydroxyl groups is 1. The predicted octanol–water partition coefficient (Wildman–Crippen LogP) is 2.14. The highest BCUT2D eigenvalue weighted by Crippen LogP contribution is 2.23. The molecule has 1 fully saturated rings. The van der Waals surface area contributed by atoms with Crippen LogP contribution in [0.15, 0.2) is 18.2 Å². The first-order valence-electron chi connectivity index (χ1n) is 5.86. The van der Waals surface area contributed by atoms with Gasteiger partial charge in [-0.05, 0) is 31.2 Å². The maximum atomic E-state index is 11.7. The second-order valence-electron chi connectivity index (χ2n) is 4.35. The number of nitrogens with one attached hydrogen (secondary N) is 2. The lowest BCUT2D eigenvalue weighted by Gasteiger charge is -2.19. The fraction of sp³-hybridized carbons (Fsp3) is 0.333. The lowest BCUT2D eigenvalue weighted by molar-refractivity contribution is -0.159. The van der Waals surface area contributed by atoms with Crippen molar-refractivity contribution >= 4 is 41.0 Å². The van der Waals surface area contributed by atoms with Gasteiger partial charge in [0.1, 0.15) is 0 Å². The molecule has 20 heavy (non-hydrogen) atoms. The minimum absolute atomic E-state index is 0.197. The minimum Gasteiger partial charge on any atom is -0.373 e. The number of esters is 1. The Bertz CT molecular complexity index is 524. The van der Waals surface area contributed by atoms with Gasteiger partial charge in [0.15, 0.2) is 0 Å². The summed E-state index contributed by atoms with van der Waals surface area (Å²) < 4.78 is 4.53. The summed E-state index contributed by atoms with van der Waals surface area (Å²) in [5.41, 5.74) is -1.52. The van der Waals surface area contributed by atoms with Gasteiger partial charge in [0.2, 0.25) is 5.72 Å². The predicted molar refractivity (Wildman–Crippen MR) is 73.8 cm³/mol. The van der Waals surface area contributed by atoms with Crippen molar-refractivity contribution in [3.05, 3.63) is 28.2 Å². The Morgan fingerprint density at radius 1 is 1.30 bits per heavy atom. The first-order valence-corrected chi connectivity index (χ1v) is 6.61. The molecule has 0 aliphatic carbocycles. The Labute approximate surface area is 125 Å². The zero-order valence-electron chi connectivity index (χ0n) is 10.3. The lowest BCUT2D eigenvalue weighted by atomic mass is 10.2. The smallest absolute Gasteiger partial charge is 0.373 e. The van der Waals surface area contributed by atoms with Gasteiger partial charge in [-0.2, -0.15) is 0 Å². The molecule has 108 valence electrons. The molecule has 8 heteroatoms. The van der Waals surface area contributed by atoms with Gasteiger partial charge in [-0.15, -0.1) is 0 Å². The van der Waals surface area contributed by atoms with E-state index in [0.717, 1.165) is 0 Å². The Morgan fingerprint density at radius 2 is 1.95 bits per heavy atom. The van der Waals surface area contributed by atoms with Crippen molar-refractivity contribution in [2.75, 3.05) is 11.9 Å². The largest absolute Gasteiger partial charge is 0.419 e. The molecule has 1 amide bonds. The Morgan fingerprint density at radius 3 is 2.50 bits per heavy atom. The highest BCUT2D eigenvalue weighted by molar-refractivity contribution is 6.35. The molecule has 3 N–H and O–H groups in total. The molecule has 0 spiro atoms. The standard InChI is InChI=1S/C12H12Cl2N2O4/c13-7-4-8(14)6-9(5-7)16-11(18)20-10(17)12(19)2-1-3-15-12/h4-6,15,19H,1-3H2,(H,16,18)/t12-/m1/s1. The van der Waals surface area contributed by atoms with Gasteiger partial charge in [0.25, 0.3) is 0 Å². The second-order valence-corrected chi connectivity index (χ2v) is 5.22. The fourth-order valence-corrected chi connectivity index (χ4v) is 2.37. The van der Waals surface area contributed by atoms with Gasteiger partial charge >= 0.3 is 12.1 Å². The van der Waals surface area contributed by atoms with Crippen LogP contribution in [0.4, 0.5) is 10.5 Å². The van der Waals surface area contributed by atoms with Gasteiger partial charge in [0, 0.05) is 22.2 Å². The van der Waals surface area contributed by atoms with Crippen molar-refractivity contribution < 1.29 is 19.4 Å². The molecular formula is C12H12Cl2N2O4. The van der Waals surface area contributed by atoms with E-state index in [1.807, 2.05) is 0 Å². The molecule has 0 unspecified atom stereocenters. The first-order chi connectivity index (χ1) is 9.39. The summed E-state index contributed by atoms with van der Waals surface area (Å²) in [5, 5.41) is 15.4. The number of hydrogen-bond donors (Lipinski definition) is 3. The van der Waals surface area contributed by atoms with Crippen LogP contribution in [0.3, 0.4) is 0 Å². The van der Waals surface area contributed by atoms with Crippen LogP contribution in [-0.4, -0.2) is 29.4 Å². The molecule has 6 nitrogen and oxygen atoms in total. The average Bonchev–Trinajstić information content (AvgIpc) is 2.75. The number of carbonyl (C=O) groups is 2. The molecular weight excluding hydrogens is 307 g/mol. The van der Waals surface area contributed by atoms with Crippen LogP contribution in [0.1, 0.15) is 12.8 Å². The van der Waals surface area contributed by atoms with E-state index in [9.17, 15) is 14.7 Å². The van der Waals surface area contributed by atoms with Gasteiger partial charge in [-0.25, -0.2) is 9.59 Å². The number of amides is 1. The van der Waals surface area contributed by atoms with Crippen LogP contribution in [0.5, 0.6) is 0 Å². The van der Waals surface area contributed by atoms with E-state index in [1.54, 1.807) is 0 Å². The van der Waals surface area contributed by atoms with Crippen LogP contribution >= 0.6 is 23.2 Å². The Balaban J connectivity index is 1.97. The van der Waals surface area contributed by atoms with E-state index in [0.29, 0.717) is 23.0 Å². The third-order valence-corrected chi connectivity index (χ3v) is 3.20. The monoisotopic (exact) mass is 318 g/mol. The molecule has 0 bridgehead atoms. The molecule has 1 aromatic carbocycles. The zero-order valence-corrected chi connectivity index (χ0v) is 11.8. The molecule has 1 heterocycles. The third-order valence-electron chi connectivity index (χ3n) is 2.76. The summed E-state index contributed by atoms with van der Waals surface area (Å²) in [5.74, 6) is -1.04. The number of anilines is 1. The summed E-state index contributed by atoms with van der Waals surface area (Å²) in [6.45, 7) is 0.483. The molecule has 0 aromatic heterocycles. The number of halogens is 2. The van der Waals surface area contributed by atoms with Gasteiger partial charge < -0.3 is 9.84 Å². The van der Waals surface area contributed by atoms with E-state index < -0.39 is 17.8 Å². The second kappa shape index (κ2) is 5.97. The van der Waals surface area contributed by atoms with E-state index >= 15 is 0 Å². The molecule has 1 saturated heterocycles. The molecule has 0 radical (unpaired) electrons. The van der Waals surface area contributed by atoms with Crippen molar-refractivity contribution in [2.24, 2.45) is 0 Å². The Hall–Kier alpha value is -1.34. The normalized spacial score (nSPS) is 21.6. The quantitative estimate of drug-likeness (QED) is 0.574. The van der Waals surface area contributed by atoms with E-state index in [2.05, 4.69) is 15.4 Å². The van der Waals surface area contributed by atoms with Crippen molar-refractivity contribution in [3.8, 4) is 0 Å². The van der Waals surface area contributed by atoms with E-state index in [4.69, 9.17) is 23.2 Å². The summed E-state index contributed by atoms with van der Waals surface area (Å²) in [6.07, 6.45) is -0.199. The third kappa shape index (κ3) is 3.61. The lowest BCUT2D eigenvalue weighted by Crippen LogP contribution is -2.49. The van der Waals surface area contributed by atoms with Crippen molar-refractivity contribution in [2.45, 2.75) is 18.6 Å². The number of carbonyl (C=O) groups excluding carboxylic acids is 2. The highest BCUT2D eigenvalue weighted by Gasteiger charge is 2.41. The first kappa shape index (κ1) is 15.1. The number of benzene rings is 1. The molecule has 1 aliphatic heterocycles. The van der Waals surface area contributed by atoms with Crippen LogP contribution in [-0.2, 0) is 9.53 Å². The molecule has 1 aromatic rings.